The van der Waals surface area contributed by atoms with Gasteiger partial charge in [-0.2, -0.15) is 0 Å². The summed E-state index contributed by atoms with van der Waals surface area (Å²) >= 11 is 15.2. The SMILES string of the molecule is COc1ccc(Cl)cc1NC(=O)C(C)Oc1ccc(Cl)cc1Br. The van der Waals surface area contributed by atoms with Crippen molar-refractivity contribution in [3.8, 4) is 11.5 Å². The molecule has 23 heavy (non-hydrogen) atoms. The number of hydrogen-bond donors (Lipinski definition) is 1. The lowest BCUT2D eigenvalue weighted by Crippen LogP contribution is -2.30. The summed E-state index contributed by atoms with van der Waals surface area (Å²) in [6.45, 7) is 1.65. The first-order valence-electron chi connectivity index (χ1n) is 6.67. The Morgan fingerprint density at radius 1 is 1.13 bits per heavy atom. The van der Waals surface area contributed by atoms with Crippen LogP contribution >= 0.6 is 39.1 Å². The molecule has 1 N–H and O–H groups in total. The highest BCUT2D eigenvalue weighted by molar-refractivity contribution is 9.10. The maximum absolute atomic E-state index is 12.3. The van der Waals surface area contributed by atoms with Gasteiger partial charge in [0.25, 0.3) is 5.91 Å². The first-order valence-corrected chi connectivity index (χ1v) is 8.21. The molecule has 0 aromatic heterocycles. The number of benzene rings is 2. The molecule has 0 saturated carbocycles. The second-order valence-electron chi connectivity index (χ2n) is 4.67. The maximum Gasteiger partial charge on any atom is 0.265 e. The molecule has 1 unspecified atom stereocenters. The fourth-order valence-electron chi connectivity index (χ4n) is 1.83. The van der Waals surface area contributed by atoms with Crippen molar-refractivity contribution < 1.29 is 14.3 Å². The predicted octanol–water partition coefficient (Wildman–Crippen LogP) is 5.17. The Hall–Kier alpha value is -1.43. The van der Waals surface area contributed by atoms with Crippen LogP contribution in [0.15, 0.2) is 40.9 Å². The van der Waals surface area contributed by atoms with Crippen LogP contribution in [0.5, 0.6) is 11.5 Å². The molecule has 0 aliphatic heterocycles. The fraction of sp³-hybridized carbons (Fsp3) is 0.188. The van der Waals surface area contributed by atoms with E-state index in [1.807, 2.05) is 0 Å². The molecular formula is C16H14BrCl2NO3. The Morgan fingerprint density at radius 3 is 2.35 bits per heavy atom. The minimum Gasteiger partial charge on any atom is -0.495 e. The number of hydrogen-bond acceptors (Lipinski definition) is 3. The lowest BCUT2D eigenvalue weighted by Gasteiger charge is -2.17. The first-order chi connectivity index (χ1) is 10.9. The lowest BCUT2D eigenvalue weighted by molar-refractivity contribution is -0.122. The summed E-state index contributed by atoms with van der Waals surface area (Å²) in [5.74, 6) is 0.713. The Labute approximate surface area is 152 Å². The Bertz CT molecular complexity index is 724. The number of carbonyl (C=O) groups is 1. The average molecular weight is 419 g/mol. The van der Waals surface area contributed by atoms with Crippen LogP contribution in [0.2, 0.25) is 10.0 Å². The summed E-state index contributed by atoms with van der Waals surface area (Å²) in [6, 6.07) is 10.0. The van der Waals surface area contributed by atoms with Crippen molar-refractivity contribution in [2.75, 3.05) is 12.4 Å². The largest absolute Gasteiger partial charge is 0.495 e. The van der Waals surface area contributed by atoms with Crippen LogP contribution in [0, 0.1) is 0 Å². The number of ether oxygens (including phenoxy) is 2. The molecule has 2 rings (SSSR count). The molecular weight excluding hydrogens is 405 g/mol. The van der Waals surface area contributed by atoms with Gasteiger partial charge in [-0.05, 0) is 59.3 Å². The normalized spacial score (nSPS) is 11.7. The Kier molecular flexibility index (Phi) is 6.16. The highest BCUT2D eigenvalue weighted by atomic mass is 79.9. The van der Waals surface area contributed by atoms with E-state index in [2.05, 4.69) is 21.2 Å². The van der Waals surface area contributed by atoms with Gasteiger partial charge in [0.05, 0.1) is 17.3 Å². The predicted molar refractivity (Wildman–Crippen MR) is 95.9 cm³/mol. The van der Waals surface area contributed by atoms with Gasteiger partial charge < -0.3 is 14.8 Å². The van der Waals surface area contributed by atoms with Crippen LogP contribution in [0.3, 0.4) is 0 Å². The van der Waals surface area contributed by atoms with Gasteiger partial charge in [0.15, 0.2) is 6.10 Å². The smallest absolute Gasteiger partial charge is 0.265 e. The summed E-state index contributed by atoms with van der Waals surface area (Å²) in [5.41, 5.74) is 0.482. The van der Waals surface area contributed by atoms with E-state index in [0.717, 1.165) is 0 Å². The second-order valence-corrected chi connectivity index (χ2v) is 6.40. The highest BCUT2D eigenvalue weighted by Gasteiger charge is 2.18. The van der Waals surface area contributed by atoms with E-state index in [1.54, 1.807) is 43.3 Å². The van der Waals surface area contributed by atoms with Gasteiger partial charge in [0.1, 0.15) is 11.5 Å². The summed E-state index contributed by atoms with van der Waals surface area (Å²) in [4.78, 5) is 12.3. The molecule has 2 aromatic carbocycles. The first kappa shape index (κ1) is 17.9. The van der Waals surface area contributed by atoms with Gasteiger partial charge in [-0.25, -0.2) is 0 Å². The number of rotatable bonds is 5. The van der Waals surface area contributed by atoms with Crippen molar-refractivity contribution in [3.63, 3.8) is 0 Å². The lowest BCUT2D eigenvalue weighted by atomic mass is 10.2. The van der Waals surface area contributed by atoms with E-state index in [9.17, 15) is 4.79 Å². The van der Waals surface area contributed by atoms with Crippen LogP contribution in [0.4, 0.5) is 5.69 Å². The van der Waals surface area contributed by atoms with Crippen molar-refractivity contribution in [1.82, 2.24) is 0 Å². The standard InChI is InChI=1S/C16H14BrCl2NO3/c1-9(23-14-5-3-10(18)7-12(14)17)16(21)20-13-8-11(19)4-6-15(13)22-2/h3-9H,1-2H3,(H,20,21). The molecule has 0 aliphatic carbocycles. The Morgan fingerprint density at radius 2 is 1.74 bits per heavy atom. The van der Waals surface area contributed by atoms with Crippen LogP contribution < -0.4 is 14.8 Å². The van der Waals surface area contributed by atoms with Crippen LogP contribution in [-0.4, -0.2) is 19.1 Å². The second kappa shape index (κ2) is 7.90. The minimum absolute atomic E-state index is 0.326. The van der Waals surface area contributed by atoms with E-state index in [1.165, 1.54) is 7.11 Å². The van der Waals surface area contributed by atoms with E-state index < -0.39 is 6.10 Å². The van der Waals surface area contributed by atoms with E-state index >= 15 is 0 Å². The number of nitrogens with one attached hydrogen (secondary N) is 1. The molecule has 1 atom stereocenters. The van der Waals surface area contributed by atoms with Crippen molar-refractivity contribution in [1.29, 1.82) is 0 Å². The zero-order valence-electron chi connectivity index (χ0n) is 12.4. The van der Waals surface area contributed by atoms with Gasteiger partial charge in [-0.1, -0.05) is 23.2 Å². The van der Waals surface area contributed by atoms with E-state index in [-0.39, 0.29) is 5.91 Å². The molecule has 7 heteroatoms. The molecule has 0 bridgehead atoms. The van der Waals surface area contributed by atoms with E-state index in [0.29, 0.717) is 31.7 Å². The monoisotopic (exact) mass is 417 g/mol. The quantitative estimate of drug-likeness (QED) is 0.728. The number of methoxy groups -OCH3 is 1. The molecule has 0 aliphatic rings. The molecule has 122 valence electrons. The van der Waals surface area contributed by atoms with Gasteiger partial charge in [-0.3, -0.25) is 4.79 Å². The summed E-state index contributed by atoms with van der Waals surface area (Å²) in [6.07, 6.45) is -0.726. The number of halogens is 3. The van der Waals surface area contributed by atoms with Crippen molar-refractivity contribution in [2.45, 2.75) is 13.0 Å². The zero-order valence-corrected chi connectivity index (χ0v) is 15.5. The zero-order chi connectivity index (χ0) is 17.0. The molecule has 4 nitrogen and oxygen atoms in total. The highest BCUT2D eigenvalue weighted by Crippen LogP contribution is 2.30. The number of amides is 1. The molecule has 2 aromatic rings. The Balaban J connectivity index is 2.10. The van der Waals surface area contributed by atoms with Crippen LogP contribution in [0.25, 0.3) is 0 Å². The molecule has 0 spiro atoms. The molecule has 0 heterocycles. The average Bonchev–Trinajstić information content (AvgIpc) is 2.50. The third kappa shape index (κ3) is 4.77. The third-order valence-electron chi connectivity index (χ3n) is 2.99. The molecule has 1 amide bonds. The summed E-state index contributed by atoms with van der Waals surface area (Å²) in [7, 11) is 1.52. The van der Waals surface area contributed by atoms with Gasteiger partial charge in [0, 0.05) is 10.0 Å². The van der Waals surface area contributed by atoms with Crippen LogP contribution in [0.1, 0.15) is 6.92 Å². The van der Waals surface area contributed by atoms with Gasteiger partial charge in [0.2, 0.25) is 0 Å². The van der Waals surface area contributed by atoms with Gasteiger partial charge in [-0.15, -0.1) is 0 Å². The maximum atomic E-state index is 12.3. The van der Waals surface area contributed by atoms with Crippen molar-refractivity contribution in [2.24, 2.45) is 0 Å². The van der Waals surface area contributed by atoms with E-state index in [4.69, 9.17) is 32.7 Å². The molecule has 0 saturated heterocycles. The topological polar surface area (TPSA) is 47.6 Å². The summed E-state index contributed by atoms with van der Waals surface area (Å²) in [5, 5.41) is 3.81. The number of carbonyl (C=O) groups excluding carboxylic acids is 1. The number of anilines is 1. The molecule has 0 radical (unpaired) electrons. The van der Waals surface area contributed by atoms with Gasteiger partial charge >= 0.3 is 0 Å². The minimum atomic E-state index is -0.726. The third-order valence-corrected chi connectivity index (χ3v) is 4.08. The van der Waals surface area contributed by atoms with Crippen molar-refractivity contribution >= 4 is 50.7 Å². The fourth-order valence-corrected chi connectivity index (χ4v) is 2.78. The molecule has 0 fully saturated rings. The van der Waals surface area contributed by atoms with Crippen molar-refractivity contribution in [3.05, 3.63) is 50.9 Å². The summed E-state index contributed by atoms with van der Waals surface area (Å²) < 4.78 is 11.5. The van der Waals surface area contributed by atoms with Crippen LogP contribution in [-0.2, 0) is 4.79 Å².